The lowest BCUT2D eigenvalue weighted by Crippen LogP contribution is -2.02. The van der Waals surface area contributed by atoms with Crippen LogP contribution in [0.1, 0.15) is 15.4 Å². The zero-order chi connectivity index (χ0) is 12.3. The number of carbonyl (C=O) groups excluding carboxylic acids is 1. The third-order valence-corrected chi connectivity index (χ3v) is 4.37. The fraction of sp³-hybridized carbons (Fsp3) is 0.200. The van der Waals surface area contributed by atoms with Gasteiger partial charge in [-0.25, -0.2) is 9.78 Å². The Kier molecular flexibility index (Phi) is 4.14. The number of methoxy groups -OCH3 is 1. The molecule has 0 aromatic carbocycles. The minimum Gasteiger partial charge on any atom is -0.464 e. The Hall–Kier alpha value is -0.920. The normalized spacial score (nSPS) is 10.2. The van der Waals surface area contributed by atoms with E-state index in [1.807, 2.05) is 12.1 Å². The molecule has 0 aliphatic rings. The van der Waals surface area contributed by atoms with Crippen molar-refractivity contribution < 1.29 is 9.53 Å². The van der Waals surface area contributed by atoms with Crippen molar-refractivity contribution in [2.75, 3.05) is 12.4 Å². The summed E-state index contributed by atoms with van der Waals surface area (Å²) in [5.74, 6) is -0.409. The quantitative estimate of drug-likeness (QED) is 0.872. The Bertz CT molecular complexity index is 524. The van der Waals surface area contributed by atoms with Crippen LogP contribution in [0.15, 0.2) is 21.3 Å². The lowest BCUT2D eigenvalue weighted by atomic mass is 10.5. The topological polar surface area (TPSA) is 51.2 Å². The molecule has 2 heterocycles. The largest absolute Gasteiger partial charge is 0.464 e. The van der Waals surface area contributed by atoms with Crippen LogP contribution in [0.4, 0.5) is 5.13 Å². The third kappa shape index (κ3) is 3.27. The number of anilines is 1. The molecular formula is C10H9BrN2O2S2. The zero-order valence-corrected chi connectivity index (χ0v) is 12.1. The number of thiazole rings is 1. The highest BCUT2D eigenvalue weighted by Crippen LogP contribution is 2.23. The van der Waals surface area contributed by atoms with Gasteiger partial charge in [0.1, 0.15) is 0 Å². The number of rotatable bonds is 4. The molecule has 0 saturated heterocycles. The molecule has 17 heavy (non-hydrogen) atoms. The van der Waals surface area contributed by atoms with Gasteiger partial charge in [0.15, 0.2) is 10.8 Å². The van der Waals surface area contributed by atoms with Crippen molar-refractivity contribution in [1.82, 2.24) is 4.98 Å². The number of nitrogens with zero attached hydrogens (tertiary/aromatic N) is 1. The molecule has 0 saturated carbocycles. The minimum atomic E-state index is -0.409. The first kappa shape index (κ1) is 12.5. The second-order valence-electron chi connectivity index (χ2n) is 3.09. The van der Waals surface area contributed by atoms with Crippen LogP contribution in [0.25, 0.3) is 0 Å². The van der Waals surface area contributed by atoms with Crippen molar-refractivity contribution in [3.8, 4) is 0 Å². The van der Waals surface area contributed by atoms with Crippen LogP contribution in [0.2, 0.25) is 0 Å². The maximum absolute atomic E-state index is 11.2. The Labute approximate surface area is 115 Å². The second-order valence-corrected chi connectivity index (χ2v) is 6.49. The van der Waals surface area contributed by atoms with Gasteiger partial charge in [0, 0.05) is 10.3 Å². The average molecular weight is 333 g/mol. The SMILES string of the molecule is COC(=O)c1csc(NCc2ccc(Br)s2)n1. The van der Waals surface area contributed by atoms with Crippen molar-refractivity contribution >= 4 is 49.7 Å². The number of thiophene rings is 1. The van der Waals surface area contributed by atoms with Gasteiger partial charge in [-0.3, -0.25) is 0 Å². The van der Waals surface area contributed by atoms with Gasteiger partial charge in [-0.1, -0.05) is 0 Å². The number of nitrogens with one attached hydrogen (secondary N) is 1. The van der Waals surface area contributed by atoms with Crippen molar-refractivity contribution in [3.63, 3.8) is 0 Å². The predicted molar refractivity (Wildman–Crippen MR) is 72.8 cm³/mol. The zero-order valence-electron chi connectivity index (χ0n) is 8.90. The van der Waals surface area contributed by atoms with E-state index in [4.69, 9.17) is 0 Å². The molecular weight excluding hydrogens is 324 g/mol. The van der Waals surface area contributed by atoms with E-state index in [0.29, 0.717) is 12.2 Å². The molecule has 2 aromatic heterocycles. The smallest absolute Gasteiger partial charge is 0.357 e. The van der Waals surface area contributed by atoms with Crippen molar-refractivity contribution in [2.45, 2.75) is 6.54 Å². The fourth-order valence-corrected chi connectivity index (χ4v) is 3.26. The number of aromatic nitrogens is 1. The average Bonchev–Trinajstić information content (AvgIpc) is 2.94. The van der Waals surface area contributed by atoms with E-state index >= 15 is 0 Å². The monoisotopic (exact) mass is 332 g/mol. The van der Waals surface area contributed by atoms with E-state index in [-0.39, 0.29) is 0 Å². The van der Waals surface area contributed by atoms with Crippen LogP contribution in [-0.4, -0.2) is 18.1 Å². The van der Waals surface area contributed by atoms with Crippen LogP contribution >= 0.6 is 38.6 Å². The number of esters is 1. The molecule has 7 heteroatoms. The summed E-state index contributed by atoms with van der Waals surface area (Å²) in [5.41, 5.74) is 0.340. The summed E-state index contributed by atoms with van der Waals surface area (Å²) in [7, 11) is 1.35. The van der Waals surface area contributed by atoms with Crippen LogP contribution in [0, 0.1) is 0 Å². The van der Waals surface area contributed by atoms with Gasteiger partial charge in [0.2, 0.25) is 0 Å². The summed E-state index contributed by atoms with van der Waals surface area (Å²) >= 11 is 6.46. The van der Waals surface area contributed by atoms with Crippen LogP contribution in [0.3, 0.4) is 0 Å². The number of hydrogen-bond acceptors (Lipinski definition) is 6. The second kappa shape index (κ2) is 5.61. The molecule has 2 rings (SSSR count). The Balaban J connectivity index is 1.95. The minimum absolute atomic E-state index is 0.340. The molecule has 0 unspecified atom stereocenters. The van der Waals surface area contributed by atoms with Gasteiger partial charge >= 0.3 is 5.97 Å². The molecule has 0 spiro atoms. The molecule has 0 amide bonds. The molecule has 1 N–H and O–H groups in total. The van der Waals surface area contributed by atoms with E-state index in [1.54, 1.807) is 16.7 Å². The van der Waals surface area contributed by atoms with Gasteiger partial charge in [-0.15, -0.1) is 22.7 Å². The maximum atomic E-state index is 11.2. The number of ether oxygens (including phenoxy) is 1. The molecule has 0 bridgehead atoms. The van der Waals surface area contributed by atoms with Crippen LogP contribution in [0.5, 0.6) is 0 Å². The Morgan fingerprint density at radius 3 is 3.06 bits per heavy atom. The van der Waals surface area contributed by atoms with Crippen molar-refractivity contribution in [3.05, 3.63) is 31.9 Å². The first-order valence-electron chi connectivity index (χ1n) is 4.71. The van der Waals surface area contributed by atoms with E-state index < -0.39 is 5.97 Å². The predicted octanol–water partition coefficient (Wildman–Crippen LogP) is 3.37. The molecule has 0 fully saturated rings. The van der Waals surface area contributed by atoms with Crippen molar-refractivity contribution in [1.29, 1.82) is 0 Å². The Morgan fingerprint density at radius 1 is 1.59 bits per heavy atom. The van der Waals surface area contributed by atoms with Gasteiger partial charge in [0.05, 0.1) is 17.4 Å². The molecule has 0 aliphatic heterocycles. The van der Waals surface area contributed by atoms with Crippen LogP contribution < -0.4 is 5.32 Å². The summed E-state index contributed by atoms with van der Waals surface area (Å²) < 4.78 is 5.69. The lowest BCUT2D eigenvalue weighted by molar-refractivity contribution is 0.0595. The first-order valence-corrected chi connectivity index (χ1v) is 7.20. The van der Waals surface area contributed by atoms with Crippen molar-refractivity contribution in [2.24, 2.45) is 0 Å². The maximum Gasteiger partial charge on any atom is 0.357 e. The molecule has 0 aliphatic carbocycles. The Morgan fingerprint density at radius 2 is 2.41 bits per heavy atom. The fourth-order valence-electron chi connectivity index (χ4n) is 1.16. The van der Waals surface area contributed by atoms with E-state index in [1.165, 1.54) is 23.3 Å². The van der Waals surface area contributed by atoms with Gasteiger partial charge in [0.25, 0.3) is 0 Å². The summed E-state index contributed by atoms with van der Waals surface area (Å²) in [6.07, 6.45) is 0. The highest BCUT2D eigenvalue weighted by Gasteiger charge is 2.10. The summed E-state index contributed by atoms with van der Waals surface area (Å²) in [4.78, 5) is 16.5. The van der Waals surface area contributed by atoms with Gasteiger partial charge < -0.3 is 10.1 Å². The summed E-state index contributed by atoms with van der Waals surface area (Å²) in [6.45, 7) is 0.699. The lowest BCUT2D eigenvalue weighted by Gasteiger charge is -1.98. The van der Waals surface area contributed by atoms with Gasteiger partial charge in [-0.2, -0.15) is 0 Å². The molecule has 0 atom stereocenters. The highest BCUT2D eigenvalue weighted by atomic mass is 79.9. The molecule has 2 aromatic rings. The van der Waals surface area contributed by atoms with Crippen LogP contribution in [-0.2, 0) is 11.3 Å². The van der Waals surface area contributed by atoms with E-state index in [9.17, 15) is 4.79 Å². The number of carbonyl (C=O) groups is 1. The first-order chi connectivity index (χ1) is 8.19. The number of halogens is 1. The molecule has 4 nitrogen and oxygen atoms in total. The third-order valence-electron chi connectivity index (χ3n) is 1.94. The molecule has 0 radical (unpaired) electrons. The molecule has 90 valence electrons. The summed E-state index contributed by atoms with van der Waals surface area (Å²) in [5, 5.41) is 5.56. The van der Waals surface area contributed by atoms with E-state index in [0.717, 1.165) is 8.92 Å². The van der Waals surface area contributed by atoms with Gasteiger partial charge in [-0.05, 0) is 28.1 Å². The standard InChI is InChI=1S/C10H9BrN2O2S2/c1-15-9(14)7-5-16-10(13-7)12-4-6-2-3-8(11)17-6/h2-3,5H,4H2,1H3,(H,12,13). The highest BCUT2D eigenvalue weighted by molar-refractivity contribution is 9.11. The summed E-state index contributed by atoms with van der Waals surface area (Å²) in [6, 6.07) is 4.04. The number of hydrogen-bond donors (Lipinski definition) is 1. The van der Waals surface area contributed by atoms with E-state index in [2.05, 4.69) is 31.0 Å².